The van der Waals surface area contributed by atoms with Crippen LogP contribution in [-0.2, 0) is 6.42 Å². The fraction of sp³-hybridized carbons (Fsp3) is 0.533. The molecule has 2 N–H and O–H groups in total. The van der Waals surface area contributed by atoms with Gasteiger partial charge >= 0.3 is 0 Å². The normalized spacial score (nSPS) is 16.1. The average Bonchev–Trinajstić information content (AvgIpc) is 2.40. The highest BCUT2D eigenvalue weighted by molar-refractivity contribution is 14.0. The molecule has 1 aliphatic rings. The monoisotopic (exact) mass is 373 g/mol. The molecule has 0 saturated carbocycles. The first-order valence-corrected chi connectivity index (χ1v) is 6.86. The zero-order chi connectivity index (χ0) is 12.8. The van der Waals surface area contributed by atoms with Gasteiger partial charge in [0.1, 0.15) is 0 Å². The number of hydrogen-bond acceptors (Lipinski definition) is 1. The standard InChI is InChI=1S/C15H23N3.HI/c1-13-6-5-7-14(12-13)8-9-17-15(16)18-10-3-2-4-11-18;/h5-7,12H,2-4,8-11H2,1H3,(H2,16,17);1H. The topological polar surface area (TPSA) is 41.6 Å². The third-order valence-electron chi connectivity index (χ3n) is 3.44. The van der Waals surface area contributed by atoms with Crippen molar-refractivity contribution in [3.8, 4) is 0 Å². The van der Waals surface area contributed by atoms with Gasteiger partial charge in [-0.1, -0.05) is 29.8 Å². The largest absolute Gasteiger partial charge is 0.370 e. The average molecular weight is 373 g/mol. The second-order valence-electron chi connectivity index (χ2n) is 5.03. The number of hydrogen-bond donors (Lipinski definition) is 1. The molecule has 1 saturated heterocycles. The molecule has 1 aromatic carbocycles. The Morgan fingerprint density at radius 2 is 2.00 bits per heavy atom. The lowest BCUT2D eigenvalue weighted by atomic mass is 10.1. The third-order valence-corrected chi connectivity index (χ3v) is 3.44. The molecule has 0 radical (unpaired) electrons. The molecule has 106 valence electrons. The minimum Gasteiger partial charge on any atom is -0.370 e. The summed E-state index contributed by atoms with van der Waals surface area (Å²) in [4.78, 5) is 6.70. The molecule has 0 bridgehead atoms. The first kappa shape index (κ1) is 16.3. The molecule has 0 atom stereocenters. The van der Waals surface area contributed by atoms with Crippen LogP contribution in [0.1, 0.15) is 30.4 Å². The molecule has 1 fully saturated rings. The quantitative estimate of drug-likeness (QED) is 0.503. The van der Waals surface area contributed by atoms with E-state index in [2.05, 4.69) is 41.1 Å². The van der Waals surface area contributed by atoms with E-state index in [9.17, 15) is 0 Å². The van der Waals surface area contributed by atoms with Gasteiger partial charge in [-0.3, -0.25) is 4.99 Å². The Morgan fingerprint density at radius 1 is 1.26 bits per heavy atom. The van der Waals surface area contributed by atoms with Crippen LogP contribution in [0.2, 0.25) is 0 Å². The number of likely N-dealkylation sites (tertiary alicyclic amines) is 1. The van der Waals surface area contributed by atoms with E-state index in [4.69, 9.17) is 5.73 Å². The molecule has 1 aromatic rings. The zero-order valence-corrected chi connectivity index (χ0v) is 14.0. The van der Waals surface area contributed by atoms with Gasteiger partial charge in [0.2, 0.25) is 0 Å². The van der Waals surface area contributed by atoms with E-state index < -0.39 is 0 Å². The highest BCUT2D eigenvalue weighted by Gasteiger charge is 2.11. The van der Waals surface area contributed by atoms with Gasteiger partial charge < -0.3 is 10.6 Å². The van der Waals surface area contributed by atoms with Gasteiger partial charge in [-0.15, -0.1) is 24.0 Å². The van der Waals surface area contributed by atoms with E-state index in [0.29, 0.717) is 0 Å². The maximum absolute atomic E-state index is 6.02. The summed E-state index contributed by atoms with van der Waals surface area (Å²) >= 11 is 0. The smallest absolute Gasteiger partial charge is 0.191 e. The van der Waals surface area contributed by atoms with E-state index in [0.717, 1.165) is 32.0 Å². The van der Waals surface area contributed by atoms with Crippen molar-refractivity contribution in [2.45, 2.75) is 32.6 Å². The second kappa shape index (κ2) is 8.40. The maximum atomic E-state index is 6.02. The van der Waals surface area contributed by atoms with E-state index in [-0.39, 0.29) is 24.0 Å². The van der Waals surface area contributed by atoms with Crippen molar-refractivity contribution in [1.82, 2.24) is 4.90 Å². The summed E-state index contributed by atoms with van der Waals surface area (Å²) in [5, 5.41) is 0. The molecule has 1 heterocycles. The Kier molecular flexibility index (Phi) is 7.20. The molecule has 0 spiro atoms. The van der Waals surface area contributed by atoms with Crippen LogP contribution in [0, 0.1) is 6.92 Å². The number of guanidine groups is 1. The predicted molar refractivity (Wildman–Crippen MR) is 92.2 cm³/mol. The Hall–Kier alpha value is -0.780. The van der Waals surface area contributed by atoms with Crippen molar-refractivity contribution < 1.29 is 0 Å². The fourth-order valence-corrected chi connectivity index (χ4v) is 2.39. The second-order valence-corrected chi connectivity index (χ2v) is 5.03. The molecular formula is C15H24IN3. The van der Waals surface area contributed by atoms with Crippen LogP contribution >= 0.6 is 24.0 Å². The number of aliphatic imine (C=N–C) groups is 1. The van der Waals surface area contributed by atoms with Gasteiger partial charge in [0.25, 0.3) is 0 Å². The summed E-state index contributed by atoms with van der Waals surface area (Å²) in [6.45, 7) is 5.04. The SMILES string of the molecule is Cc1cccc(CCN=C(N)N2CCCCC2)c1.I. The van der Waals surface area contributed by atoms with Crippen LogP contribution in [0.15, 0.2) is 29.3 Å². The van der Waals surface area contributed by atoms with E-state index >= 15 is 0 Å². The molecular weight excluding hydrogens is 349 g/mol. The number of halogens is 1. The van der Waals surface area contributed by atoms with Crippen molar-refractivity contribution in [1.29, 1.82) is 0 Å². The molecule has 0 aliphatic carbocycles. The fourth-order valence-electron chi connectivity index (χ4n) is 2.39. The molecule has 4 heteroatoms. The van der Waals surface area contributed by atoms with Crippen LogP contribution in [0.25, 0.3) is 0 Å². The molecule has 19 heavy (non-hydrogen) atoms. The summed E-state index contributed by atoms with van der Waals surface area (Å²) in [6, 6.07) is 8.59. The molecule has 1 aliphatic heterocycles. The highest BCUT2D eigenvalue weighted by Crippen LogP contribution is 2.08. The van der Waals surface area contributed by atoms with Gasteiger partial charge in [0.05, 0.1) is 0 Å². The van der Waals surface area contributed by atoms with Crippen molar-refractivity contribution in [3.63, 3.8) is 0 Å². The Bertz CT molecular complexity index is 412. The number of rotatable bonds is 3. The minimum atomic E-state index is 0. The summed E-state index contributed by atoms with van der Waals surface area (Å²) in [6.07, 6.45) is 4.78. The Labute approximate surface area is 133 Å². The van der Waals surface area contributed by atoms with Crippen LogP contribution in [0.5, 0.6) is 0 Å². The van der Waals surface area contributed by atoms with Crippen LogP contribution in [0.4, 0.5) is 0 Å². The number of nitrogens with two attached hydrogens (primary N) is 1. The number of benzene rings is 1. The summed E-state index contributed by atoms with van der Waals surface area (Å²) in [5.74, 6) is 0.724. The number of aryl methyl sites for hydroxylation is 1. The van der Waals surface area contributed by atoms with Crippen molar-refractivity contribution in [2.75, 3.05) is 19.6 Å². The Balaban J connectivity index is 0.00000180. The number of piperidine rings is 1. The molecule has 0 amide bonds. The lowest BCUT2D eigenvalue weighted by Gasteiger charge is -2.27. The maximum Gasteiger partial charge on any atom is 0.191 e. The Morgan fingerprint density at radius 3 is 2.68 bits per heavy atom. The van der Waals surface area contributed by atoms with Gasteiger partial charge in [0.15, 0.2) is 5.96 Å². The molecule has 2 rings (SSSR count). The van der Waals surface area contributed by atoms with Crippen molar-refractivity contribution >= 4 is 29.9 Å². The summed E-state index contributed by atoms with van der Waals surface area (Å²) in [5.41, 5.74) is 8.66. The molecule has 0 unspecified atom stereocenters. The lowest BCUT2D eigenvalue weighted by Crippen LogP contribution is -2.41. The lowest BCUT2D eigenvalue weighted by molar-refractivity contribution is 0.338. The third kappa shape index (κ3) is 5.38. The van der Waals surface area contributed by atoms with E-state index in [1.54, 1.807) is 0 Å². The highest BCUT2D eigenvalue weighted by atomic mass is 127. The summed E-state index contributed by atoms with van der Waals surface area (Å²) in [7, 11) is 0. The van der Waals surface area contributed by atoms with Crippen LogP contribution in [-0.4, -0.2) is 30.5 Å². The predicted octanol–water partition coefficient (Wildman–Crippen LogP) is 2.96. The summed E-state index contributed by atoms with van der Waals surface area (Å²) < 4.78 is 0. The first-order valence-electron chi connectivity index (χ1n) is 6.86. The van der Waals surface area contributed by atoms with Crippen LogP contribution in [0.3, 0.4) is 0 Å². The minimum absolute atomic E-state index is 0. The number of nitrogens with zero attached hydrogens (tertiary/aromatic N) is 2. The van der Waals surface area contributed by atoms with Gasteiger partial charge in [0, 0.05) is 19.6 Å². The van der Waals surface area contributed by atoms with E-state index in [1.807, 2.05) is 0 Å². The van der Waals surface area contributed by atoms with Gasteiger partial charge in [-0.25, -0.2) is 0 Å². The van der Waals surface area contributed by atoms with Gasteiger partial charge in [-0.2, -0.15) is 0 Å². The van der Waals surface area contributed by atoms with Crippen molar-refractivity contribution in [3.05, 3.63) is 35.4 Å². The van der Waals surface area contributed by atoms with E-state index in [1.165, 1.54) is 30.4 Å². The first-order chi connectivity index (χ1) is 8.75. The zero-order valence-electron chi connectivity index (χ0n) is 11.6. The van der Waals surface area contributed by atoms with Crippen LogP contribution < -0.4 is 5.73 Å². The molecule has 3 nitrogen and oxygen atoms in total. The van der Waals surface area contributed by atoms with Gasteiger partial charge in [-0.05, 0) is 38.2 Å². The van der Waals surface area contributed by atoms with Crippen molar-refractivity contribution in [2.24, 2.45) is 10.7 Å². The molecule has 0 aromatic heterocycles.